The van der Waals surface area contributed by atoms with Crippen LogP contribution in [0.25, 0.3) is 0 Å². The van der Waals surface area contributed by atoms with Crippen molar-refractivity contribution in [1.82, 2.24) is 15.1 Å². The molecule has 2 aromatic rings. The number of amides is 1. The van der Waals surface area contributed by atoms with Crippen molar-refractivity contribution < 1.29 is 9.21 Å². The second-order valence-corrected chi connectivity index (χ2v) is 7.91. The number of likely N-dealkylation sites (N-methyl/N-ethyl adjacent to an activating group) is 1. The fourth-order valence-corrected chi connectivity index (χ4v) is 3.84. The van der Waals surface area contributed by atoms with Crippen molar-refractivity contribution >= 4 is 35.8 Å². The van der Waals surface area contributed by atoms with Crippen molar-refractivity contribution in [2.24, 2.45) is 10.9 Å². The van der Waals surface area contributed by atoms with E-state index in [1.807, 2.05) is 12.1 Å². The number of guanidine groups is 1. The van der Waals surface area contributed by atoms with Crippen LogP contribution in [0.4, 0.5) is 0 Å². The fourth-order valence-electron chi connectivity index (χ4n) is 3.84. The summed E-state index contributed by atoms with van der Waals surface area (Å²) in [6, 6.07) is 14.6. The van der Waals surface area contributed by atoms with Crippen molar-refractivity contribution in [3.05, 3.63) is 60.1 Å². The van der Waals surface area contributed by atoms with E-state index in [0.717, 1.165) is 44.2 Å². The highest BCUT2D eigenvalue weighted by Crippen LogP contribution is 2.32. The fraction of sp³-hybridized carbons (Fsp3) is 0.478. The first-order chi connectivity index (χ1) is 14.0. The molecular formula is C23H33IN4O2. The zero-order valence-corrected chi connectivity index (χ0v) is 20.4. The second kappa shape index (κ2) is 12.0. The molecule has 7 heteroatoms. The van der Waals surface area contributed by atoms with Crippen LogP contribution < -0.4 is 5.32 Å². The van der Waals surface area contributed by atoms with E-state index in [1.54, 1.807) is 25.3 Å². The highest BCUT2D eigenvalue weighted by atomic mass is 127. The van der Waals surface area contributed by atoms with Gasteiger partial charge in [-0.15, -0.1) is 24.0 Å². The smallest absolute Gasteiger partial charge is 0.243 e. The monoisotopic (exact) mass is 524 g/mol. The number of aliphatic imine (C=N–C) groups is 1. The summed E-state index contributed by atoms with van der Waals surface area (Å²) in [6.45, 7) is 5.02. The highest BCUT2D eigenvalue weighted by molar-refractivity contribution is 14.0. The molecule has 2 unspecified atom stereocenters. The van der Waals surface area contributed by atoms with Crippen molar-refractivity contribution in [3.8, 4) is 0 Å². The van der Waals surface area contributed by atoms with E-state index >= 15 is 0 Å². The molecule has 1 aliphatic rings. The number of nitrogens with one attached hydrogen (secondary N) is 1. The summed E-state index contributed by atoms with van der Waals surface area (Å²) in [4.78, 5) is 20.5. The lowest BCUT2D eigenvalue weighted by Crippen LogP contribution is -2.48. The number of carbonyl (C=O) groups excluding carboxylic acids is 1. The van der Waals surface area contributed by atoms with Crippen LogP contribution >= 0.6 is 24.0 Å². The molecule has 1 aliphatic heterocycles. The molecule has 0 bridgehead atoms. The maximum absolute atomic E-state index is 12.0. The van der Waals surface area contributed by atoms with E-state index in [2.05, 4.69) is 52.5 Å². The topological polar surface area (TPSA) is 61.1 Å². The maximum atomic E-state index is 12.0. The standard InChI is InChI=1S/C23H32N4O2.HI/c1-18-17-27(14-12-21(18)19-8-5-4-6-9-19)23(25-16-22(28)26(2)3)24-13-11-20-10-7-15-29-20;/h4-10,15,18,21H,11-14,16-17H2,1-3H3,(H,24,25);1H. The van der Waals surface area contributed by atoms with Gasteiger partial charge in [0.25, 0.3) is 0 Å². The molecule has 1 aromatic carbocycles. The summed E-state index contributed by atoms with van der Waals surface area (Å²) in [5, 5.41) is 3.44. The summed E-state index contributed by atoms with van der Waals surface area (Å²) < 4.78 is 5.42. The van der Waals surface area contributed by atoms with Gasteiger partial charge in [-0.05, 0) is 36.0 Å². The number of piperidine rings is 1. The van der Waals surface area contributed by atoms with Gasteiger partial charge in [0.1, 0.15) is 12.3 Å². The number of hydrogen-bond donors (Lipinski definition) is 1. The Morgan fingerprint density at radius 3 is 2.63 bits per heavy atom. The first kappa shape index (κ1) is 24.2. The van der Waals surface area contributed by atoms with Crippen LogP contribution in [-0.2, 0) is 11.2 Å². The second-order valence-electron chi connectivity index (χ2n) is 7.91. The average Bonchev–Trinajstić information content (AvgIpc) is 3.24. The number of rotatable bonds is 6. The molecule has 0 radical (unpaired) electrons. The third-order valence-electron chi connectivity index (χ3n) is 5.53. The van der Waals surface area contributed by atoms with E-state index in [1.165, 1.54) is 5.56 Å². The van der Waals surface area contributed by atoms with Gasteiger partial charge >= 0.3 is 0 Å². The molecule has 164 valence electrons. The first-order valence-corrected chi connectivity index (χ1v) is 10.4. The molecule has 1 fully saturated rings. The minimum atomic E-state index is 0. The maximum Gasteiger partial charge on any atom is 0.243 e. The molecule has 0 saturated carbocycles. The first-order valence-electron chi connectivity index (χ1n) is 10.4. The van der Waals surface area contributed by atoms with Gasteiger partial charge in [-0.1, -0.05) is 37.3 Å². The van der Waals surface area contributed by atoms with Gasteiger partial charge in [-0.2, -0.15) is 0 Å². The molecule has 1 N–H and O–H groups in total. The van der Waals surface area contributed by atoms with Crippen LogP contribution in [0.2, 0.25) is 0 Å². The minimum absolute atomic E-state index is 0. The third-order valence-corrected chi connectivity index (χ3v) is 5.53. The van der Waals surface area contributed by atoms with E-state index < -0.39 is 0 Å². The SMILES string of the molecule is CC1CN(C(=NCC(=O)N(C)C)NCCc2ccco2)CCC1c1ccccc1.I. The molecular weight excluding hydrogens is 491 g/mol. The Bertz CT molecular complexity index is 793. The number of hydrogen-bond acceptors (Lipinski definition) is 3. The normalized spacial score (nSPS) is 19.2. The number of furan rings is 1. The Hall–Kier alpha value is -2.03. The van der Waals surface area contributed by atoms with Crippen LogP contribution in [0, 0.1) is 5.92 Å². The van der Waals surface area contributed by atoms with Crippen LogP contribution in [-0.4, -0.2) is 61.9 Å². The Kier molecular flexibility index (Phi) is 9.68. The van der Waals surface area contributed by atoms with Gasteiger partial charge in [0.05, 0.1) is 6.26 Å². The van der Waals surface area contributed by atoms with Crippen LogP contribution in [0.5, 0.6) is 0 Å². The van der Waals surface area contributed by atoms with Gasteiger partial charge in [-0.3, -0.25) is 4.79 Å². The molecule has 3 rings (SSSR count). The number of carbonyl (C=O) groups is 1. The van der Waals surface area contributed by atoms with Gasteiger partial charge < -0.3 is 19.5 Å². The van der Waals surface area contributed by atoms with Crippen LogP contribution in [0.15, 0.2) is 58.1 Å². The number of likely N-dealkylation sites (tertiary alicyclic amines) is 1. The molecule has 0 spiro atoms. The Morgan fingerprint density at radius 2 is 2.00 bits per heavy atom. The summed E-state index contributed by atoms with van der Waals surface area (Å²) in [5.41, 5.74) is 1.41. The average molecular weight is 524 g/mol. The predicted molar refractivity (Wildman–Crippen MR) is 131 cm³/mol. The molecule has 2 atom stereocenters. The largest absolute Gasteiger partial charge is 0.469 e. The molecule has 30 heavy (non-hydrogen) atoms. The summed E-state index contributed by atoms with van der Waals surface area (Å²) in [5.74, 6) is 2.82. The van der Waals surface area contributed by atoms with Gasteiger partial charge in [-0.25, -0.2) is 4.99 Å². The minimum Gasteiger partial charge on any atom is -0.469 e. The van der Waals surface area contributed by atoms with Crippen molar-refractivity contribution in [3.63, 3.8) is 0 Å². The van der Waals surface area contributed by atoms with Gasteiger partial charge in [0, 0.05) is 40.2 Å². The Morgan fingerprint density at radius 1 is 1.23 bits per heavy atom. The van der Waals surface area contributed by atoms with E-state index in [4.69, 9.17) is 4.42 Å². The van der Waals surface area contributed by atoms with E-state index in [9.17, 15) is 4.79 Å². The van der Waals surface area contributed by atoms with E-state index in [-0.39, 0.29) is 36.4 Å². The number of nitrogens with zero attached hydrogens (tertiary/aromatic N) is 3. The van der Waals surface area contributed by atoms with Crippen LogP contribution in [0.1, 0.15) is 30.6 Å². The summed E-state index contributed by atoms with van der Waals surface area (Å²) in [6.07, 6.45) is 3.55. The molecule has 2 heterocycles. The molecule has 1 amide bonds. The summed E-state index contributed by atoms with van der Waals surface area (Å²) in [7, 11) is 3.52. The van der Waals surface area contributed by atoms with E-state index in [0.29, 0.717) is 11.8 Å². The zero-order chi connectivity index (χ0) is 20.6. The summed E-state index contributed by atoms with van der Waals surface area (Å²) >= 11 is 0. The Labute approximate surface area is 196 Å². The highest BCUT2D eigenvalue weighted by Gasteiger charge is 2.28. The van der Waals surface area contributed by atoms with Crippen molar-refractivity contribution in [2.45, 2.75) is 25.7 Å². The number of benzene rings is 1. The van der Waals surface area contributed by atoms with Crippen molar-refractivity contribution in [2.75, 3.05) is 40.3 Å². The molecule has 6 nitrogen and oxygen atoms in total. The third kappa shape index (κ3) is 6.75. The molecule has 0 aliphatic carbocycles. The lowest BCUT2D eigenvalue weighted by Gasteiger charge is -2.39. The predicted octanol–water partition coefficient (Wildman–Crippen LogP) is 3.60. The quantitative estimate of drug-likeness (QED) is 0.357. The number of halogens is 1. The Balaban J connectivity index is 0.00000320. The van der Waals surface area contributed by atoms with Crippen LogP contribution in [0.3, 0.4) is 0 Å². The molecule has 1 aromatic heterocycles. The lowest BCUT2D eigenvalue weighted by atomic mass is 9.82. The lowest BCUT2D eigenvalue weighted by molar-refractivity contribution is -0.127. The molecule has 1 saturated heterocycles. The zero-order valence-electron chi connectivity index (χ0n) is 18.1. The van der Waals surface area contributed by atoms with Crippen molar-refractivity contribution in [1.29, 1.82) is 0 Å². The van der Waals surface area contributed by atoms with Gasteiger partial charge in [0.2, 0.25) is 5.91 Å². The van der Waals surface area contributed by atoms with Gasteiger partial charge in [0.15, 0.2) is 5.96 Å².